The van der Waals surface area contributed by atoms with Crippen molar-refractivity contribution in [1.82, 2.24) is 5.32 Å². The van der Waals surface area contributed by atoms with Gasteiger partial charge in [0.25, 0.3) is 5.91 Å². The van der Waals surface area contributed by atoms with Crippen LogP contribution < -0.4 is 19.5 Å². The lowest BCUT2D eigenvalue weighted by atomic mass is 10.1. The summed E-state index contributed by atoms with van der Waals surface area (Å²) in [6.45, 7) is 9.01. The average Bonchev–Trinajstić information content (AvgIpc) is 2.77. The summed E-state index contributed by atoms with van der Waals surface area (Å²) in [7, 11) is 1.62. The number of nitrogens with one attached hydrogen (secondary N) is 1. The number of aryl methyl sites for hydroxylation is 1. The predicted octanol–water partition coefficient (Wildman–Crippen LogP) is 4.19. The largest absolute Gasteiger partial charge is 0.493 e. The molecule has 0 fully saturated rings. The molecule has 0 bridgehead atoms. The van der Waals surface area contributed by atoms with Crippen LogP contribution in [0.1, 0.15) is 38.8 Å². The summed E-state index contributed by atoms with van der Waals surface area (Å²) in [5.41, 5.74) is 2.29. The Hall–Kier alpha value is -2.73. The molecule has 2 rings (SSSR count). The van der Waals surface area contributed by atoms with Gasteiger partial charge in [-0.05, 0) is 69.0 Å². The maximum Gasteiger partial charge on any atom is 0.252 e. The first-order valence-electron chi connectivity index (χ1n) is 10.9. The minimum absolute atomic E-state index is 0.0707. The van der Waals surface area contributed by atoms with E-state index in [1.165, 1.54) is 5.56 Å². The van der Waals surface area contributed by atoms with Crippen LogP contribution in [0.5, 0.6) is 17.2 Å². The Bertz CT molecular complexity index is 804. The minimum Gasteiger partial charge on any atom is -0.493 e. The van der Waals surface area contributed by atoms with E-state index < -0.39 is 6.10 Å². The molecule has 0 aromatic heterocycles. The lowest BCUT2D eigenvalue weighted by Gasteiger charge is -2.18. The molecule has 1 N–H and O–H groups in total. The van der Waals surface area contributed by atoms with E-state index in [9.17, 15) is 4.79 Å². The van der Waals surface area contributed by atoms with E-state index in [4.69, 9.17) is 18.9 Å². The fourth-order valence-corrected chi connectivity index (χ4v) is 3.06. The number of ether oxygens (including phenoxy) is 4. The zero-order valence-corrected chi connectivity index (χ0v) is 19.3. The number of carbonyl (C=O) groups is 1. The maximum atomic E-state index is 12.6. The van der Waals surface area contributed by atoms with Crippen LogP contribution in [0, 0.1) is 0 Å². The number of amides is 1. The van der Waals surface area contributed by atoms with E-state index >= 15 is 0 Å². The molecular weight excluding hydrogens is 394 g/mol. The van der Waals surface area contributed by atoms with Gasteiger partial charge < -0.3 is 24.3 Å². The molecule has 0 aliphatic carbocycles. The summed E-state index contributed by atoms with van der Waals surface area (Å²) in [5, 5.41) is 2.94. The fourth-order valence-electron chi connectivity index (χ4n) is 3.06. The van der Waals surface area contributed by atoms with Crippen molar-refractivity contribution in [3.8, 4) is 17.2 Å². The van der Waals surface area contributed by atoms with Crippen LogP contribution in [0.4, 0.5) is 0 Å². The molecule has 6 heteroatoms. The molecule has 0 radical (unpaired) electrons. The number of carbonyl (C=O) groups excluding carboxylic acids is 1. The third kappa shape index (κ3) is 8.13. The van der Waals surface area contributed by atoms with E-state index in [1.54, 1.807) is 7.11 Å². The van der Waals surface area contributed by atoms with E-state index in [1.807, 2.05) is 63.2 Å². The van der Waals surface area contributed by atoms with Crippen molar-refractivity contribution in [1.29, 1.82) is 0 Å². The first kappa shape index (κ1) is 24.5. The molecular formula is C25H35NO5. The summed E-state index contributed by atoms with van der Waals surface area (Å²) in [6, 6.07) is 13.7. The van der Waals surface area contributed by atoms with E-state index in [0.717, 1.165) is 17.7 Å². The molecule has 31 heavy (non-hydrogen) atoms. The molecule has 0 saturated carbocycles. The Kier molecular flexibility index (Phi) is 10.2. The van der Waals surface area contributed by atoms with Crippen molar-refractivity contribution in [2.75, 3.05) is 26.9 Å². The summed E-state index contributed by atoms with van der Waals surface area (Å²) in [4.78, 5) is 12.6. The van der Waals surface area contributed by atoms with Gasteiger partial charge >= 0.3 is 0 Å². The molecule has 2 aromatic rings. The first-order chi connectivity index (χ1) is 15.0. The SMILES string of the molecule is CCO[C@@H](COc1ccc(CC)cc1)C(=O)NCCc1ccc(OC(C)C)c(OC)c1. The van der Waals surface area contributed by atoms with Crippen LogP contribution in [0.15, 0.2) is 42.5 Å². The van der Waals surface area contributed by atoms with Crippen LogP contribution in [0.25, 0.3) is 0 Å². The normalized spacial score (nSPS) is 11.8. The standard InChI is InChI=1S/C25H35NO5/c1-6-19-8-11-21(12-9-19)30-17-24(29-7-2)25(27)26-15-14-20-10-13-22(31-18(3)4)23(16-20)28-5/h8-13,16,18,24H,6-7,14-15,17H2,1-5H3,(H,26,27)/t24-/m0/s1. The van der Waals surface area contributed by atoms with Crippen molar-refractivity contribution in [2.24, 2.45) is 0 Å². The number of hydrogen-bond acceptors (Lipinski definition) is 5. The lowest BCUT2D eigenvalue weighted by Crippen LogP contribution is -2.41. The summed E-state index contributed by atoms with van der Waals surface area (Å²) < 4.78 is 22.5. The Morgan fingerprint density at radius 2 is 1.71 bits per heavy atom. The van der Waals surface area contributed by atoms with Crippen LogP contribution in [-0.2, 0) is 22.4 Å². The highest BCUT2D eigenvalue weighted by molar-refractivity contribution is 5.81. The van der Waals surface area contributed by atoms with Crippen molar-refractivity contribution in [3.05, 3.63) is 53.6 Å². The maximum absolute atomic E-state index is 12.6. The van der Waals surface area contributed by atoms with Crippen molar-refractivity contribution in [3.63, 3.8) is 0 Å². The van der Waals surface area contributed by atoms with Crippen molar-refractivity contribution in [2.45, 2.75) is 52.7 Å². The predicted molar refractivity (Wildman–Crippen MR) is 122 cm³/mol. The molecule has 0 heterocycles. The van der Waals surface area contributed by atoms with Gasteiger partial charge in [0.1, 0.15) is 12.4 Å². The van der Waals surface area contributed by atoms with Crippen molar-refractivity contribution >= 4 is 5.91 Å². The second kappa shape index (κ2) is 12.8. The van der Waals surface area contributed by atoms with Gasteiger partial charge in [-0.2, -0.15) is 0 Å². The molecule has 0 spiro atoms. The zero-order valence-electron chi connectivity index (χ0n) is 19.3. The fraction of sp³-hybridized carbons (Fsp3) is 0.480. The monoisotopic (exact) mass is 429 g/mol. The Balaban J connectivity index is 1.86. The number of rotatable bonds is 13. The quantitative estimate of drug-likeness (QED) is 0.517. The van der Waals surface area contributed by atoms with Gasteiger partial charge in [-0.1, -0.05) is 25.1 Å². The highest BCUT2D eigenvalue weighted by Crippen LogP contribution is 2.29. The van der Waals surface area contributed by atoms with Gasteiger partial charge in [-0.25, -0.2) is 0 Å². The highest BCUT2D eigenvalue weighted by atomic mass is 16.5. The van der Waals surface area contributed by atoms with Gasteiger partial charge in [-0.3, -0.25) is 4.79 Å². The summed E-state index contributed by atoms with van der Waals surface area (Å²) in [6.07, 6.45) is 1.06. The van der Waals surface area contributed by atoms with Gasteiger partial charge in [0, 0.05) is 13.2 Å². The molecule has 2 aromatic carbocycles. The molecule has 0 aliphatic rings. The number of methoxy groups -OCH3 is 1. The van der Waals surface area contributed by atoms with E-state index in [-0.39, 0.29) is 18.6 Å². The second-order valence-electron chi connectivity index (χ2n) is 7.45. The average molecular weight is 430 g/mol. The van der Waals surface area contributed by atoms with Crippen LogP contribution >= 0.6 is 0 Å². The lowest BCUT2D eigenvalue weighted by molar-refractivity contribution is -0.134. The summed E-state index contributed by atoms with van der Waals surface area (Å²) >= 11 is 0. The number of benzene rings is 2. The molecule has 1 amide bonds. The van der Waals surface area contributed by atoms with E-state index in [0.29, 0.717) is 31.1 Å². The molecule has 0 unspecified atom stereocenters. The molecule has 0 aliphatic heterocycles. The minimum atomic E-state index is -0.660. The van der Waals surface area contributed by atoms with Gasteiger partial charge in [0.2, 0.25) is 0 Å². The van der Waals surface area contributed by atoms with Crippen LogP contribution in [-0.4, -0.2) is 45.0 Å². The Morgan fingerprint density at radius 1 is 1.00 bits per heavy atom. The van der Waals surface area contributed by atoms with Gasteiger partial charge in [-0.15, -0.1) is 0 Å². The molecule has 6 nitrogen and oxygen atoms in total. The first-order valence-corrected chi connectivity index (χ1v) is 10.9. The third-order valence-electron chi connectivity index (χ3n) is 4.70. The van der Waals surface area contributed by atoms with Gasteiger partial charge in [0.15, 0.2) is 17.6 Å². The highest BCUT2D eigenvalue weighted by Gasteiger charge is 2.19. The van der Waals surface area contributed by atoms with Gasteiger partial charge in [0.05, 0.1) is 13.2 Å². The molecule has 0 saturated heterocycles. The topological polar surface area (TPSA) is 66.0 Å². The third-order valence-corrected chi connectivity index (χ3v) is 4.70. The van der Waals surface area contributed by atoms with Crippen molar-refractivity contribution < 1.29 is 23.7 Å². The zero-order chi connectivity index (χ0) is 22.6. The van der Waals surface area contributed by atoms with E-state index in [2.05, 4.69) is 12.2 Å². The smallest absolute Gasteiger partial charge is 0.252 e. The Labute approximate surface area is 185 Å². The van der Waals surface area contributed by atoms with Crippen LogP contribution in [0.2, 0.25) is 0 Å². The molecule has 1 atom stereocenters. The number of hydrogen-bond donors (Lipinski definition) is 1. The second-order valence-corrected chi connectivity index (χ2v) is 7.45. The summed E-state index contributed by atoms with van der Waals surface area (Å²) in [5.74, 6) is 1.95. The Morgan fingerprint density at radius 3 is 2.32 bits per heavy atom. The van der Waals surface area contributed by atoms with Crippen LogP contribution in [0.3, 0.4) is 0 Å². The molecule has 170 valence electrons.